The van der Waals surface area contributed by atoms with Crippen LogP contribution in [0.1, 0.15) is 27.7 Å². The van der Waals surface area contributed by atoms with Crippen molar-refractivity contribution >= 4 is 23.0 Å². The van der Waals surface area contributed by atoms with Gasteiger partial charge in [0.15, 0.2) is 18.2 Å². The standard InChI is InChI=1S/C21H23N3O4S/c25-19(16-5-2-13-29-16)17-18(15-4-1-6-22-14-15)24(21(27)20(17)26)8-3-7-23-9-11-28-12-10-23/h1-2,4-6,13-14,18,26H,3,7-12H2/p+2. The number of hydrogen-bond donors (Lipinski definition) is 2. The molecule has 0 aromatic carbocycles. The minimum atomic E-state index is -0.589. The number of hydrogen-bond acceptors (Lipinski definition) is 5. The van der Waals surface area contributed by atoms with E-state index in [1.807, 2.05) is 17.5 Å². The summed E-state index contributed by atoms with van der Waals surface area (Å²) >= 11 is 1.31. The Morgan fingerprint density at radius 2 is 2.14 bits per heavy atom. The number of thiophene rings is 1. The first-order chi connectivity index (χ1) is 14.2. The molecule has 2 aliphatic heterocycles. The maximum absolute atomic E-state index is 13.1. The SMILES string of the molecule is O=C(C1=C(O)C(=O)N(CCC[NH+]2CCOCC2)C1c1ccc[nH+]c1)c1cccs1. The van der Waals surface area contributed by atoms with Gasteiger partial charge >= 0.3 is 0 Å². The first-order valence-electron chi connectivity index (χ1n) is 9.86. The van der Waals surface area contributed by atoms with Crippen molar-refractivity contribution in [2.75, 3.05) is 39.4 Å². The molecule has 1 amide bonds. The van der Waals surface area contributed by atoms with Gasteiger partial charge in [-0.1, -0.05) is 6.07 Å². The fourth-order valence-electron chi connectivity index (χ4n) is 3.99. The molecule has 0 spiro atoms. The molecule has 0 aliphatic carbocycles. The summed E-state index contributed by atoms with van der Waals surface area (Å²) in [6, 6.07) is 6.62. The number of ketones is 1. The van der Waals surface area contributed by atoms with Crippen molar-refractivity contribution in [3.63, 3.8) is 0 Å². The number of aromatic nitrogens is 1. The van der Waals surface area contributed by atoms with Gasteiger partial charge in [-0.15, -0.1) is 11.3 Å². The molecule has 152 valence electrons. The summed E-state index contributed by atoms with van der Waals surface area (Å²) in [6.07, 6.45) is 4.34. The highest BCUT2D eigenvalue weighted by atomic mass is 32.1. The Kier molecular flexibility index (Phi) is 6.03. The number of ether oxygens (including phenoxy) is 1. The maximum Gasteiger partial charge on any atom is 0.290 e. The van der Waals surface area contributed by atoms with Crippen LogP contribution < -0.4 is 9.88 Å². The van der Waals surface area contributed by atoms with E-state index in [2.05, 4.69) is 4.98 Å². The average Bonchev–Trinajstić information content (AvgIpc) is 3.38. The van der Waals surface area contributed by atoms with E-state index >= 15 is 0 Å². The zero-order valence-corrected chi connectivity index (χ0v) is 16.9. The number of carbonyl (C=O) groups excluding carboxylic acids is 2. The maximum atomic E-state index is 13.1. The highest BCUT2D eigenvalue weighted by molar-refractivity contribution is 7.12. The van der Waals surface area contributed by atoms with E-state index in [4.69, 9.17) is 4.74 Å². The molecule has 1 fully saturated rings. The molecule has 1 unspecified atom stereocenters. The summed E-state index contributed by atoms with van der Waals surface area (Å²) in [6.45, 7) is 4.88. The van der Waals surface area contributed by atoms with Crippen LogP contribution in [0, 0.1) is 0 Å². The van der Waals surface area contributed by atoms with Gasteiger partial charge in [-0.2, -0.15) is 0 Å². The molecule has 3 N–H and O–H groups in total. The molecule has 8 heteroatoms. The lowest BCUT2D eigenvalue weighted by Crippen LogP contribution is -3.14. The highest BCUT2D eigenvalue weighted by Crippen LogP contribution is 2.38. The summed E-state index contributed by atoms with van der Waals surface area (Å²) in [5.41, 5.74) is 0.944. The number of quaternary nitrogens is 1. The van der Waals surface area contributed by atoms with E-state index in [0.717, 1.165) is 44.8 Å². The van der Waals surface area contributed by atoms with E-state index in [1.165, 1.54) is 16.2 Å². The summed E-state index contributed by atoms with van der Waals surface area (Å²) in [4.78, 5) is 32.6. The third kappa shape index (κ3) is 4.10. The van der Waals surface area contributed by atoms with Gasteiger partial charge in [0.1, 0.15) is 13.1 Å². The van der Waals surface area contributed by atoms with Gasteiger partial charge in [0.2, 0.25) is 5.78 Å². The van der Waals surface area contributed by atoms with Crippen molar-refractivity contribution in [1.29, 1.82) is 0 Å². The summed E-state index contributed by atoms with van der Waals surface area (Å²) in [5.74, 6) is -1.20. The number of morpholine rings is 1. The van der Waals surface area contributed by atoms with Gasteiger partial charge in [0, 0.05) is 24.6 Å². The van der Waals surface area contributed by atoms with E-state index in [9.17, 15) is 14.7 Å². The molecule has 4 heterocycles. The summed E-state index contributed by atoms with van der Waals surface area (Å²) < 4.78 is 5.40. The van der Waals surface area contributed by atoms with Gasteiger partial charge in [-0.05, 0) is 17.5 Å². The molecule has 4 rings (SSSR count). The normalized spacial score (nSPS) is 20.5. The zero-order chi connectivity index (χ0) is 20.2. The number of aliphatic hydroxyl groups is 1. The second-order valence-corrected chi connectivity index (χ2v) is 8.22. The lowest BCUT2D eigenvalue weighted by atomic mass is 9.96. The fourth-order valence-corrected chi connectivity index (χ4v) is 4.67. The molecule has 1 atom stereocenters. The number of Topliss-reactive ketones (excluding diaryl/α,β-unsaturated/α-hetero) is 1. The Morgan fingerprint density at radius 3 is 2.83 bits per heavy atom. The number of pyridine rings is 1. The van der Waals surface area contributed by atoms with E-state index < -0.39 is 17.7 Å². The molecular formula is C21H25N3O4S+2. The Bertz CT molecular complexity index is 892. The van der Waals surface area contributed by atoms with Crippen molar-refractivity contribution in [3.8, 4) is 0 Å². The lowest BCUT2D eigenvalue weighted by molar-refractivity contribution is -0.908. The number of amides is 1. The van der Waals surface area contributed by atoms with Crippen molar-refractivity contribution in [2.24, 2.45) is 0 Å². The van der Waals surface area contributed by atoms with Crippen molar-refractivity contribution < 1.29 is 29.3 Å². The quantitative estimate of drug-likeness (QED) is 0.643. The van der Waals surface area contributed by atoms with Crippen LogP contribution in [0.25, 0.3) is 0 Å². The number of nitrogens with zero attached hydrogens (tertiary/aromatic N) is 1. The van der Waals surface area contributed by atoms with Gasteiger partial charge in [-0.3, -0.25) is 9.59 Å². The second-order valence-electron chi connectivity index (χ2n) is 7.27. The molecular weight excluding hydrogens is 390 g/mol. The van der Waals surface area contributed by atoms with Crippen LogP contribution in [0.2, 0.25) is 0 Å². The van der Waals surface area contributed by atoms with Crippen LogP contribution in [0.5, 0.6) is 0 Å². The predicted molar refractivity (Wildman–Crippen MR) is 107 cm³/mol. The number of H-pyrrole nitrogens is 1. The second kappa shape index (κ2) is 8.86. The van der Waals surface area contributed by atoms with Crippen molar-refractivity contribution in [2.45, 2.75) is 12.5 Å². The molecule has 2 aliphatic rings. The monoisotopic (exact) mass is 415 g/mol. The molecule has 7 nitrogen and oxygen atoms in total. The van der Waals surface area contributed by atoms with Crippen LogP contribution >= 0.6 is 11.3 Å². The number of rotatable bonds is 7. The van der Waals surface area contributed by atoms with E-state index in [1.54, 1.807) is 29.4 Å². The minimum absolute atomic E-state index is 0.163. The Morgan fingerprint density at radius 1 is 1.31 bits per heavy atom. The first-order valence-corrected chi connectivity index (χ1v) is 10.7. The lowest BCUT2D eigenvalue weighted by Gasteiger charge is -2.28. The zero-order valence-electron chi connectivity index (χ0n) is 16.1. The molecule has 2 aromatic heterocycles. The predicted octanol–water partition coefficient (Wildman–Crippen LogP) is 0.446. The van der Waals surface area contributed by atoms with Crippen LogP contribution in [0.4, 0.5) is 0 Å². The first kappa shape index (κ1) is 19.8. The third-order valence-corrected chi connectivity index (χ3v) is 6.34. The van der Waals surface area contributed by atoms with Gasteiger partial charge in [0.05, 0.1) is 36.3 Å². The average molecular weight is 416 g/mol. The number of aliphatic hydroxyl groups excluding tert-OH is 1. The number of nitrogens with one attached hydrogen (secondary N) is 2. The van der Waals surface area contributed by atoms with E-state index in [0.29, 0.717) is 11.4 Å². The molecule has 2 aromatic rings. The Labute approximate surface area is 173 Å². The van der Waals surface area contributed by atoms with Gasteiger partial charge in [0.25, 0.3) is 5.91 Å². The molecule has 1 saturated heterocycles. The summed E-state index contributed by atoms with van der Waals surface area (Å²) in [5, 5.41) is 12.4. The fraction of sp³-hybridized carbons (Fsp3) is 0.381. The van der Waals surface area contributed by atoms with Gasteiger partial charge in [-0.25, -0.2) is 4.98 Å². The summed E-state index contributed by atoms with van der Waals surface area (Å²) in [7, 11) is 0. The highest BCUT2D eigenvalue weighted by Gasteiger charge is 2.44. The van der Waals surface area contributed by atoms with Gasteiger partial charge < -0.3 is 19.6 Å². The third-order valence-electron chi connectivity index (χ3n) is 5.47. The topological polar surface area (TPSA) is 85.4 Å². The number of aromatic amines is 1. The molecule has 29 heavy (non-hydrogen) atoms. The van der Waals surface area contributed by atoms with E-state index in [-0.39, 0.29) is 11.4 Å². The van der Waals surface area contributed by atoms with Crippen LogP contribution in [-0.4, -0.2) is 61.1 Å². The molecule has 0 saturated carbocycles. The molecule has 0 radical (unpaired) electrons. The van der Waals surface area contributed by atoms with Crippen molar-refractivity contribution in [1.82, 2.24) is 4.90 Å². The smallest absolute Gasteiger partial charge is 0.290 e. The van der Waals surface area contributed by atoms with Crippen molar-refractivity contribution in [3.05, 3.63) is 63.8 Å². The Hall–Kier alpha value is -2.55. The largest absolute Gasteiger partial charge is 0.503 e. The van der Waals surface area contributed by atoms with Crippen LogP contribution in [-0.2, 0) is 9.53 Å². The van der Waals surface area contributed by atoms with Crippen LogP contribution in [0.3, 0.4) is 0 Å². The number of carbonyl (C=O) groups is 2. The Balaban J connectivity index is 1.57. The van der Waals surface area contributed by atoms with Crippen LogP contribution in [0.15, 0.2) is 53.4 Å². The minimum Gasteiger partial charge on any atom is -0.503 e. The molecule has 0 bridgehead atoms.